The number of nitrogens with zero attached hydrogens (tertiary/aromatic N) is 1. The summed E-state index contributed by atoms with van der Waals surface area (Å²) in [6.07, 6.45) is 0. The lowest BCUT2D eigenvalue weighted by molar-refractivity contribution is -0.0147. The number of benzene rings is 1. The van der Waals surface area contributed by atoms with E-state index in [2.05, 4.69) is 5.32 Å². The van der Waals surface area contributed by atoms with Crippen molar-refractivity contribution in [1.29, 1.82) is 0 Å². The van der Waals surface area contributed by atoms with Gasteiger partial charge in [0, 0.05) is 32.3 Å². The van der Waals surface area contributed by atoms with Gasteiger partial charge in [-0.2, -0.15) is 4.31 Å². The maximum absolute atomic E-state index is 12.5. The van der Waals surface area contributed by atoms with Crippen LogP contribution in [-0.4, -0.2) is 75.9 Å². The van der Waals surface area contributed by atoms with Crippen molar-refractivity contribution < 1.29 is 27.8 Å². The van der Waals surface area contributed by atoms with Gasteiger partial charge in [0.15, 0.2) is 0 Å². The van der Waals surface area contributed by atoms with Gasteiger partial charge in [-0.1, -0.05) is 0 Å². The largest absolute Gasteiger partial charge is 0.386 e. The van der Waals surface area contributed by atoms with Crippen molar-refractivity contribution in [3.63, 3.8) is 0 Å². The van der Waals surface area contributed by atoms with E-state index in [9.17, 15) is 18.3 Å². The second kappa shape index (κ2) is 8.24. The molecule has 0 spiro atoms. The van der Waals surface area contributed by atoms with Crippen molar-refractivity contribution in [3.8, 4) is 0 Å². The molecule has 1 heterocycles. The first kappa shape index (κ1) is 19.8. The van der Waals surface area contributed by atoms with Crippen LogP contribution in [0.5, 0.6) is 0 Å². The molecule has 2 N–H and O–H groups in total. The van der Waals surface area contributed by atoms with Gasteiger partial charge in [-0.15, -0.1) is 0 Å². The molecule has 0 aromatic heterocycles. The van der Waals surface area contributed by atoms with Crippen LogP contribution in [0.15, 0.2) is 29.2 Å². The summed E-state index contributed by atoms with van der Waals surface area (Å²) in [5.41, 5.74) is -0.863. The summed E-state index contributed by atoms with van der Waals surface area (Å²) in [7, 11) is -2.12. The van der Waals surface area contributed by atoms with E-state index in [0.29, 0.717) is 31.9 Å². The summed E-state index contributed by atoms with van der Waals surface area (Å²) >= 11 is 0. The fraction of sp³-hybridized carbons (Fsp3) is 0.562. The maximum Gasteiger partial charge on any atom is 0.251 e. The number of methoxy groups -OCH3 is 1. The van der Waals surface area contributed by atoms with Crippen molar-refractivity contribution in [3.05, 3.63) is 29.8 Å². The van der Waals surface area contributed by atoms with Crippen LogP contribution >= 0.6 is 0 Å². The Morgan fingerprint density at radius 3 is 2.48 bits per heavy atom. The molecule has 1 aliphatic heterocycles. The molecule has 0 saturated carbocycles. The molecule has 1 aromatic rings. The maximum atomic E-state index is 12.5. The molecular formula is C16H24N2O6S. The van der Waals surface area contributed by atoms with Crippen LogP contribution in [0.1, 0.15) is 17.3 Å². The predicted molar refractivity (Wildman–Crippen MR) is 90.9 cm³/mol. The topological polar surface area (TPSA) is 105 Å². The van der Waals surface area contributed by atoms with Crippen molar-refractivity contribution in [2.75, 3.05) is 46.6 Å². The lowest BCUT2D eigenvalue weighted by Gasteiger charge is -2.26. The van der Waals surface area contributed by atoms with E-state index >= 15 is 0 Å². The van der Waals surface area contributed by atoms with Gasteiger partial charge in [-0.3, -0.25) is 4.79 Å². The Balaban J connectivity index is 2.02. The Labute approximate surface area is 147 Å². The minimum Gasteiger partial charge on any atom is -0.386 e. The summed E-state index contributed by atoms with van der Waals surface area (Å²) in [6.45, 7) is 3.05. The third-order valence-electron chi connectivity index (χ3n) is 3.81. The van der Waals surface area contributed by atoms with E-state index in [-0.39, 0.29) is 18.0 Å². The highest BCUT2D eigenvalue weighted by Gasteiger charge is 2.26. The zero-order valence-corrected chi connectivity index (χ0v) is 15.2. The highest BCUT2D eigenvalue weighted by molar-refractivity contribution is 7.89. The van der Waals surface area contributed by atoms with Crippen molar-refractivity contribution >= 4 is 15.9 Å². The van der Waals surface area contributed by atoms with E-state index < -0.39 is 21.5 Å². The molecule has 1 unspecified atom stereocenters. The monoisotopic (exact) mass is 372 g/mol. The van der Waals surface area contributed by atoms with E-state index in [0.717, 1.165) is 0 Å². The van der Waals surface area contributed by atoms with Crippen molar-refractivity contribution in [2.24, 2.45) is 0 Å². The lowest BCUT2D eigenvalue weighted by Crippen LogP contribution is -2.43. The number of aliphatic hydroxyl groups is 1. The number of nitrogens with one attached hydrogen (secondary N) is 1. The number of hydrogen-bond donors (Lipinski definition) is 2. The molecule has 0 radical (unpaired) electrons. The summed E-state index contributed by atoms with van der Waals surface area (Å²) in [6, 6.07) is 5.72. The normalized spacial score (nSPS) is 18.5. The molecule has 25 heavy (non-hydrogen) atoms. The summed E-state index contributed by atoms with van der Waals surface area (Å²) in [4.78, 5) is 12.3. The number of amides is 1. The zero-order chi connectivity index (χ0) is 18.5. The Bertz CT molecular complexity index is 681. The molecule has 140 valence electrons. The van der Waals surface area contributed by atoms with Crippen LogP contribution < -0.4 is 5.32 Å². The number of morpholine rings is 1. The van der Waals surface area contributed by atoms with Gasteiger partial charge in [-0.25, -0.2) is 8.42 Å². The van der Waals surface area contributed by atoms with Gasteiger partial charge in [0.2, 0.25) is 10.0 Å². The Morgan fingerprint density at radius 1 is 1.32 bits per heavy atom. The van der Waals surface area contributed by atoms with Gasteiger partial charge in [-0.05, 0) is 31.2 Å². The molecule has 1 atom stereocenters. The van der Waals surface area contributed by atoms with E-state index in [4.69, 9.17) is 9.47 Å². The van der Waals surface area contributed by atoms with Crippen LogP contribution in [0, 0.1) is 0 Å². The first-order valence-electron chi connectivity index (χ1n) is 7.94. The number of carbonyl (C=O) groups is 1. The number of rotatable bonds is 7. The molecule has 1 amide bonds. The first-order valence-corrected chi connectivity index (χ1v) is 9.38. The number of sulfonamides is 1. The first-order chi connectivity index (χ1) is 11.8. The molecule has 0 bridgehead atoms. The van der Waals surface area contributed by atoms with Crippen LogP contribution in [-0.2, 0) is 19.5 Å². The van der Waals surface area contributed by atoms with Crippen LogP contribution in [0.4, 0.5) is 0 Å². The highest BCUT2D eigenvalue weighted by Crippen LogP contribution is 2.17. The quantitative estimate of drug-likeness (QED) is 0.689. The van der Waals surface area contributed by atoms with Gasteiger partial charge < -0.3 is 19.9 Å². The smallest absolute Gasteiger partial charge is 0.251 e. The summed E-state index contributed by atoms with van der Waals surface area (Å²) in [5.74, 6) is -0.397. The summed E-state index contributed by atoms with van der Waals surface area (Å²) < 4.78 is 36.4. The standard InChI is InChI=1S/C16H24N2O6S/c1-16(20,12-23-2)11-17-15(19)13-3-5-14(6-4-13)25(21,22)18-7-9-24-10-8-18/h3-6,20H,7-12H2,1-2H3,(H,17,19). The van der Waals surface area contributed by atoms with E-state index in [1.807, 2.05) is 0 Å². The third kappa shape index (κ3) is 5.23. The molecule has 1 aliphatic rings. The molecular weight excluding hydrogens is 348 g/mol. The SMILES string of the molecule is COCC(C)(O)CNC(=O)c1ccc(S(=O)(=O)N2CCOCC2)cc1. The predicted octanol–water partition coefficient (Wildman–Crippen LogP) is -0.165. The Morgan fingerprint density at radius 2 is 1.92 bits per heavy atom. The van der Waals surface area contributed by atoms with Crippen LogP contribution in [0.25, 0.3) is 0 Å². The van der Waals surface area contributed by atoms with Gasteiger partial charge in [0.1, 0.15) is 5.60 Å². The average molecular weight is 372 g/mol. The number of ether oxygens (including phenoxy) is 2. The van der Waals surface area contributed by atoms with Crippen molar-refractivity contribution in [2.45, 2.75) is 17.4 Å². The minimum atomic E-state index is -3.58. The van der Waals surface area contributed by atoms with Gasteiger partial charge in [0.05, 0.1) is 24.7 Å². The molecule has 1 fully saturated rings. The average Bonchev–Trinajstić information content (AvgIpc) is 2.60. The number of hydrogen-bond acceptors (Lipinski definition) is 6. The minimum absolute atomic E-state index is 0.0213. The molecule has 8 nitrogen and oxygen atoms in total. The Kier molecular flexibility index (Phi) is 6.53. The lowest BCUT2D eigenvalue weighted by atomic mass is 10.1. The van der Waals surface area contributed by atoms with Gasteiger partial charge >= 0.3 is 0 Å². The molecule has 0 aliphatic carbocycles. The summed E-state index contributed by atoms with van der Waals surface area (Å²) in [5, 5.41) is 12.6. The Hall–Kier alpha value is -1.52. The van der Waals surface area contributed by atoms with Crippen LogP contribution in [0.3, 0.4) is 0 Å². The van der Waals surface area contributed by atoms with Gasteiger partial charge in [0.25, 0.3) is 5.91 Å². The zero-order valence-electron chi connectivity index (χ0n) is 14.4. The third-order valence-corrected chi connectivity index (χ3v) is 5.72. The van der Waals surface area contributed by atoms with E-state index in [1.165, 1.54) is 35.7 Å². The van der Waals surface area contributed by atoms with E-state index in [1.54, 1.807) is 6.92 Å². The second-order valence-electron chi connectivity index (χ2n) is 6.15. The molecule has 1 saturated heterocycles. The van der Waals surface area contributed by atoms with Crippen molar-refractivity contribution in [1.82, 2.24) is 9.62 Å². The van der Waals surface area contributed by atoms with Crippen LogP contribution in [0.2, 0.25) is 0 Å². The highest BCUT2D eigenvalue weighted by atomic mass is 32.2. The second-order valence-corrected chi connectivity index (χ2v) is 8.09. The fourth-order valence-corrected chi connectivity index (χ4v) is 3.86. The molecule has 2 rings (SSSR count). The molecule has 9 heteroatoms. The number of carbonyl (C=O) groups excluding carboxylic acids is 1. The molecule has 1 aromatic carbocycles. The fourth-order valence-electron chi connectivity index (χ4n) is 2.45.